The minimum absolute atomic E-state index is 0.687. The molecule has 2 atom stereocenters. The smallest absolute Gasteiger partial charge is 0.160 e. The molecule has 0 unspecified atom stereocenters. The normalized spacial score (nSPS) is 22.9. The minimum Gasteiger partial charge on any atom is -0.493 e. The quantitative estimate of drug-likeness (QED) is 0.825. The lowest BCUT2D eigenvalue weighted by molar-refractivity contribution is 0.354. The third-order valence-electron chi connectivity index (χ3n) is 3.22. The minimum atomic E-state index is 0.687. The number of hydrogen-bond donors (Lipinski definition) is 1. The van der Waals surface area contributed by atoms with Crippen molar-refractivity contribution in [2.75, 3.05) is 27.8 Å². The molecule has 1 aromatic rings. The van der Waals surface area contributed by atoms with Crippen LogP contribution in [0, 0.1) is 5.92 Å². The van der Waals surface area contributed by atoms with E-state index in [0.717, 1.165) is 24.0 Å². The van der Waals surface area contributed by atoms with Gasteiger partial charge < -0.3 is 14.8 Å². The van der Waals surface area contributed by atoms with Gasteiger partial charge in [-0.1, -0.05) is 6.07 Å². The van der Waals surface area contributed by atoms with Crippen molar-refractivity contribution in [1.29, 1.82) is 0 Å². The van der Waals surface area contributed by atoms with E-state index in [-0.39, 0.29) is 0 Å². The Labute approximate surface area is 96.8 Å². The number of rotatable bonds is 5. The SMILES string of the molecule is CNC[C@@H]1C[C@H]1c1ccc(OC)c(OC)c1. The van der Waals surface area contributed by atoms with Crippen molar-refractivity contribution < 1.29 is 9.47 Å². The van der Waals surface area contributed by atoms with Crippen molar-refractivity contribution in [3.63, 3.8) is 0 Å². The topological polar surface area (TPSA) is 30.5 Å². The molecule has 1 aromatic carbocycles. The second kappa shape index (κ2) is 4.74. The molecular weight excluding hydrogens is 202 g/mol. The van der Waals surface area contributed by atoms with E-state index in [2.05, 4.69) is 17.4 Å². The van der Waals surface area contributed by atoms with Gasteiger partial charge in [-0.3, -0.25) is 0 Å². The van der Waals surface area contributed by atoms with E-state index in [1.807, 2.05) is 13.1 Å². The molecule has 1 N–H and O–H groups in total. The average Bonchev–Trinajstić information content (AvgIpc) is 3.08. The standard InChI is InChI=1S/C13H19NO2/c1-14-8-10-6-11(10)9-4-5-12(15-2)13(7-9)16-3/h4-5,7,10-11,14H,6,8H2,1-3H3/t10-,11-/m0/s1. The fraction of sp³-hybridized carbons (Fsp3) is 0.538. The number of benzene rings is 1. The van der Waals surface area contributed by atoms with Crippen LogP contribution in [0.5, 0.6) is 11.5 Å². The third-order valence-corrected chi connectivity index (χ3v) is 3.22. The molecule has 3 nitrogen and oxygen atoms in total. The number of nitrogens with one attached hydrogen (secondary N) is 1. The zero-order chi connectivity index (χ0) is 11.5. The molecular formula is C13H19NO2. The van der Waals surface area contributed by atoms with Crippen LogP contribution < -0.4 is 14.8 Å². The Bertz CT molecular complexity index is 365. The largest absolute Gasteiger partial charge is 0.493 e. The summed E-state index contributed by atoms with van der Waals surface area (Å²) in [6.07, 6.45) is 1.27. The summed E-state index contributed by atoms with van der Waals surface area (Å²) in [6, 6.07) is 6.23. The molecule has 0 aromatic heterocycles. The maximum absolute atomic E-state index is 5.31. The second-order valence-electron chi connectivity index (χ2n) is 4.27. The monoisotopic (exact) mass is 221 g/mol. The van der Waals surface area contributed by atoms with Gasteiger partial charge in [0.25, 0.3) is 0 Å². The molecule has 1 fully saturated rings. The van der Waals surface area contributed by atoms with Crippen LogP contribution in [-0.4, -0.2) is 27.8 Å². The molecule has 1 aliphatic carbocycles. The van der Waals surface area contributed by atoms with Gasteiger partial charge in [0.15, 0.2) is 11.5 Å². The van der Waals surface area contributed by atoms with E-state index in [0.29, 0.717) is 5.92 Å². The van der Waals surface area contributed by atoms with Crippen LogP contribution in [0.4, 0.5) is 0 Å². The predicted octanol–water partition coefficient (Wildman–Crippen LogP) is 2.03. The molecule has 0 bridgehead atoms. The van der Waals surface area contributed by atoms with E-state index < -0.39 is 0 Å². The molecule has 3 heteroatoms. The van der Waals surface area contributed by atoms with E-state index in [4.69, 9.17) is 9.47 Å². The molecule has 88 valence electrons. The molecule has 1 aliphatic rings. The van der Waals surface area contributed by atoms with Gasteiger partial charge in [0.1, 0.15) is 0 Å². The summed E-state index contributed by atoms with van der Waals surface area (Å²) in [4.78, 5) is 0. The lowest BCUT2D eigenvalue weighted by Crippen LogP contribution is -2.10. The number of hydrogen-bond acceptors (Lipinski definition) is 3. The van der Waals surface area contributed by atoms with Gasteiger partial charge in [0.05, 0.1) is 14.2 Å². The molecule has 0 aliphatic heterocycles. The van der Waals surface area contributed by atoms with Crippen molar-refractivity contribution in [2.24, 2.45) is 5.92 Å². The highest BCUT2D eigenvalue weighted by atomic mass is 16.5. The first kappa shape index (κ1) is 11.3. The van der Waals surface area contributed by atoms with E-state index >= 15 is 0 Å². The summed E-state index contributed by atoms with van der Waals surface area (Å²) in [7, 11) is 5.35. The van der Waals surface area contributed by atoms with Crippen LogP contribution in [0.1, 0.15) is 17.9 Å². The van der Waals surface area contributed by atoms with Gasteiger partial charge in [-0.2, -0.15) is 0 Å². The first-order valence-electron chi connectivity index (χ1n) is 5.66. The summed E-state index contributed by atoms with van der Waals surface area (Å²) in [5, 5.41) is 3.22. The Morgan fingerprint density at radius 3 is 2.62 bits per heavy atom. The van der Waals surface area contributed by atoms with Crippen molar-refractivity contribution >= 4 is 0 Å². The molecule has 0 spiro atoms. The van der Waals surface area contributed by atoms with Gasteiger partial charge >= 0.3 is 0 Å². The highest BCUT2D eigenvalue weighted by Crippen LogP contribution is 2.48. The molecule has 16 heavy (non-hydrogen) atoms. The zero-order valence-electron chi connectivity index (χ0n) is 10.1. The van der Waals surface area contributed by atoms with Gasteiger partial charge in [-0.25, -0.2) is 0 Å². The molecule has 2 rings (SSSR count). The first-order chi connectivity index (χ1) is 7.80. The van der Waals surface area contributed by atoms with Gasteiger partial charge in [-0.05, 0) is 49.5 Å². The van der Waals surface area contributed by atoms with Crippen LogP contribution in [0.15, 0.2) is 18.2 Å². The average molecular weight is 221 g/mol. The lowest BCUT2D eigenvalue weighted by atomic mass is 10.1. The van der Waals surface area contributed by atoms with Crippen LogP contribution >= 0.6 is 0 Å². The van der Waals surface area contributed by atoms with Gasteiger partial charge in [-0.15, -0.1) is 0 Å². The fourth-order valence-electron chi connectivity index (χ4n) is 2.23. The van der Waals surface area contributed by atoms with E-state index in [9.17, 15) is 0 Å². The Balaban J connectivity index is 2.12. The van der Waals surface area contributed by atoms with Crippen LogP contribution in [0.25, 0.3) is 0 Å². The maximum Gasteiger partial charge on any atom is 0.160 e. The molecule has 0 saturated heterocycles. The highest BCUT2D eigenvalue weighted by Gasteiger charge is 2.37. The number of methoxy groups -OCH3 is 2. The summed E-state index contributed by atoms with van der Waals surface area (Å²) in [5.74, 6) is 3.10. The zero-order valence-corrected chi connectivity index (χ0v) is 10.1. The summed E-state index contributed by atoms with van der Waals surface area (Å²) in [6.45, 7) is 1.10. The van der Waals surface area contributed by atoms with Crippen LogP contribution in [0.3, 0.4) is 0 Å². The maximum atomic E-state index is 5.31. The van der Waals surface area contributed by atoms with Crippen molar-refractivity contribution in [3.05, 3.63) is 23.8 Å². The summed E-state index contributed by atoms with van der Waals surface area (Å²) < 4.78 is 10.5. The van der Waals surface area contributed by atoms with Crippen LogP contribution in [0.2, 0.25) is 0 Å². The molecule has 0 amide bonds. The Morgan fingerprint density at radius 1 is 1.25 bits per heavy atom. The predicted molar refractivity (Wildman–Crippen MR) is 64.3 cm³/mol. The molecule has 0 heterocycles. The van der Waals surface area contributed by atoms with E-state index in [1.165, 1.54) is 12.0 Å². The first-order valence-corrected chi connectivity index (χ1v) is 5.66. The van der Waals surface area contributed by atoms with Crippen LogP contribution in [-0.2, 0) is 0 Å². The molecule has 1 saturated carbocycles. The Morgan fingerprint density at radius 2 is 2.00 bits per heavy atom. The molecule has 0 radical (unpaired) electrons. The lowest BCUT2D eigenvalue weighted by Gasteiger charge is -2.09. The Kier molecular flexibility index (Phi) is 3.34. The number of ether oxygens (including phenoxy) is 2. The van der Waals surface area contributed by atoms with Crippen molar-refractivity contribution in [3.8, 4) is 11.5 Å². The van der Waals surface area contributed by atoms with Crippen molar-refractivity contribution in [2.45, 2.75) is 12.3 Å². The Hall–Kier alpha value is -1.22. The van der Waals surface area contributed by atoms with Crippen molar-refractivity contribution in [1.82, 2.24) is 5.32 Å². The fourth-order valence-corrected chi connectivity index (χ4v) is 2.23. The summed E-state index contributed by atoms with van der Waals surface area (Å²) in [5.41, 5.74) is 1.36. The van der Waals surface area contributed by atoms with Gasteiger partial charge in [0.2, 0.25) is 0 Å². The van der Waals surface area contributed by atoms with Gasteiger partial charge in [0, 0.05) is 0 Å². The highest BCUT2D eigenvalue weighted by molar-refractivity contribution is 5.45. The third kappa shape index (κ3) is 2.14. The summed E-state index contributed by atoms with van der Waals surface area (Å²) >= 11 is 0. The second-order valence-corrected chi connectivity index (χ2v) is 4.27. The van der Waals surface area contributed by atoms with E-state index in [1.54, 1.807) is 14.2 Å².